The highest BCUT2D eigenvalue weighted by Crippen LogP contribution is 2.33. The second-order valence-electron chi connectivity index (χ2n) is 8.45. The van der Waals surface area contributed by atoms with Crippen molar-refractivity contribution in [3.8, 4) is 28.7 Å². The molecular weight excluding hydrogens is 476 g/mol. The Bertz CT molecular complexity index is 1290. The first-order valence-corrected chi connectivity index (χ1v) is 11.7. The predicted molar refractivity (Wildman–Crippen MR) is 138 cm³/mol. The Labute approximate surface area is 215 Å². The number of carbonyl (C=O) groups is 2. The number of amides is 2. The van der Waals surface area contributed by atoms with Crippen LogP contribution in [0.25, 0.3) is 0 Å². The third kappa shape index (κ3) is 5.40. The van der Waals surface area contributed by atoms with E-state index in [1.807, 2.05) is 12.1 Å². The Morgan fingerprint density at radius 3 is 2.30 bits per heavy atom. The lowest BCUT2D eigenvalue weighted by Gasteiger charge is -2.23. The Balaban J connectivity index is 1.61. The van der Waals surface area contributed by atoms with E-state index in [-0.39, 0.29) is 23.9 Å². The van der Waals surface area contributed by atoms with E-state index in [2.05, 4.69) is 5.32 Å². The molecule has 3 aromatic carbocycles. The van der Waals surface area contributed by atoms with Crippen LogP contribution in [0.4, 0.5) is 5.69 Å². The Morgan fingerprint density at radius 2 is 1.65 bits per heavy atom. The second kappa shape index (κ2) is 11.1. The molecule has 0 fully saturated rings. The summed E-state index contributed by atoms with van der Waals surface area (Å²) in [5.74, 6) is 2.13. The summed E-state index contributed by atoms with van der Waals surface area (Å²) in [6, 6.07) is 15.9. The van der Waals surface area contributed by atoms with Crippen molar-refractivity contribution in [2.45, 2.75) is 26.1 Å². The van der Waals surface area contributed by atoms with Crippen molar-refractivity contribution in [1.29, 1.82) is 0 Å². The molecule has 9 heteroatoms. The van der Waals surface area contributed by atoms with Crippen molar-refractivity contribution in [1.82, 2.24) is 4.90 Å². The maximum atomic E-state index is 13.2. The SMILES string of the molecule is COc1ccc(CN2Cc3cc(NC(=O)c4c(OC)cccc4OC)ccc3OC(C)C2=O)c(OC)c1. The molecule has 1 aliphatic rings. The summed E-state index contributed by atoms with van der Waals surface area (Å²) < 4.78 is 27.5. The zero-order valence-corrected chi connectivity index (χ0v) is 21.5. The van der Waals surface area contributed by atoms with Crippen LogP contribution in [0.15, 0.2) is 54.6 Å². The van der Waals surface area contributed by atoms with E-state index >= 15 is 0 Å². The van der Waals surface area contributed by atoms with Gasteiger partial charge in [-0.15, -0.1) is 0 Å². The highest BCUT2D eigenvalue weighted by atomic mass is 16.5. The van der Waals surface area contributed by atoms with E-state index < -0.39 is 6.10 Å². The number of methoxy groups -OCH3 is 4. The number of benzene rings is 3. The zero-order valence-electron chi connectivity index (χ0n) is 21.5. The normalized spacial score (nSPS) is 14.7. The number of carbonyl (C=O) groups excluding carboxylic acids is 2. The molecule has 0 saturated heterocycles. The van der Waals surface area contributed by atoms with Crippen molar-refractivity contribution < 1.29 is 33.3 Å². The van der Waals surface area contributed by atoms with E-state index in [4.69, 9.17) is 23.7 Å². The summed E-state index contributed by atoms with van der Waals surface area (Å²) in [5, 5.41) is 2.90. The fourth-order valence-electron chi connectivity index (χ4n) is 4.27. The van der Waals surface area contributed by atoms with Gasteiger partial charge in [0, 0.05) is 36.0 Å². The average molecular weight is 507 g/mol. The number of ether oxygens (including phenoxy) is 5. The molecule has 1 unspecified atom stereocenters. The van der Waals surface area contributed by atoms with Gasteiger partial charge in [0.2, 0.25) is 0 Å². The average Bonchev–Trinajstić information content (AvgIpc) is 3.03. The molecule has 0 aromatic heterocycles. The minimum Gasteiger partial charge on any atom is -0.497 e. The first-order valence-electron chi connectivity index (χ1n) is 11.7. The minimum atomic E-state index is -0.677. The van der Waals surface area contributed by atoms with Gasteiger partial charge in [-0.3, -0.25) is 9.59 Å². The lowest BCUT2D eigenvalue weighted by molar-refractivity contribution is -0.138. The van der Waals surface area contributed by atoms with Gasteiger partial charge in [-0.2, -0.15) is 0 Å². The molecular formula is C28H30N2O7. The summed E-state index contributed by atoms with van der Waals surface area (Å²) in [7, 11) is 6.16. The maximum Gasteiger partial charge on any atom is 0.263 e. The number of hydrogen-bond acceptors (Lipinski definition) is 7. The summed E-state index contributed by atoms with van der Waals surface area (Å²) in [4.78, 5) is 28.0. The third-order valence-electron chi connectivity index (χ3n) is 6.15. The van der Waals surface area contributed by atoms with Gasteiger partial charge in [0.15, 0.2) is 6.10 Å². The third-order valence-corrected chi connectivity index (χ3v) is 6.15. The van der Waals surface area contributed by atoms with E-state index in [1.54, 1.807) is 68.5 Å². The maximum absolute atomic E-state index is 13.2. The smallest absolute Gasteiger partial charge is 0.263 e. The predicted octanol–water partition coefficient (Wildman–Crippen LogP) is 4.28. The molecule has 0 bridgehead atoms. The van der Waals surface area contributed by atoms with Gasteiger partial charge in [-0.05, 0) is 49.4 Å². The molecule has 9 nitrogen and oxygen atoms in total. The molecule has 1 heterocycles. The number of hydrogen-bond donors (Lipinski definition) is 1. The molecule has 0 saturated carbocycles. The number of nitrogens with zero attached hydrogens (tertiary/aromatic N) is 1. The molecule has 37 heavy (non-hydrogen) atoms. The molecule has 1 aliphatic heterocycles. The van der Waals surface area contributed by atoms with E-state index in [0.717, 1.165) is 11.1 Å². The molecule has 1 N–H and O–H groups in total. The molecule has 4 rings (SSSR count). The van der Waals surface area contributed by atoms with Crippen molar-refractivity contribution in [2.24, 2.45) is 0 Å². The highest BCUT2D eigenvalue weighted by Gasteiger charge is 2.29. The van der Waals surface area contributed by atoms with Crippen LogP contribution in [0, 0.1) is 0 Å². The Kier molecular flexibility index (Phi) is 7.71. The van der Waals surface area contributed by atoms with Gasteiger partial charge >= 0.3 is 0 Å². The lowest BCUT2D eigenvalue weighted by Crippen LogP contribution is -2.37. The number of fused-ring (bicyclic) bond motifs is 1. The number of anilines is 1. The van der Waals surface area contributed by atoms with Crippen LogP contribution in [0.3, 0.4) is 0 Å². The lowest BCUT2D eigenvalue weighted by atomic mass is 10.1. The number of rotatable bonds is 8. The fourth-order valence-corrected chi connectivity index (χ4v) is 4.27. The Morgan fingerprint density at radius 1 is 0.946 bits per heavy atom. The molecule has 3 aromatic rings. The monoisotopic (exact) mass is 506 g/mol. The van der Waals surface area contributed by atoms with Gasteiger partial charge < -0.3 is 33.9 Å². The van der Waals surface area contributed by atoms with Gasteiger partial charge in [-0.25, -0.2) is 0 Å². The largest absolute Gasteiger partial charge is 0.497 e. The summed E-state index contributed by atoms with van der Waals surface area (Å²) in [5.41, 5.74) is 2.43. The van der Waals surface area contributed by atoms with Crippen LogP contribution in [0.1, 0.15) is 28.4 Å². The first-order chi connectivity index (χ1) is 17.9. The van der Waals surface area contributed by atoms with E-state index in [1.165, 1.54) is 14.2 Å². The summed E-state index contributed by atoms with van der Waals surface area (Å²) in [6.07, 6.45) is -0.677. The number of nitrogens with one attached hydrogen (secondary N) is 1. The topological polar surface area (TPSA) is 95.6 Å². The molecule has 1 atom stereocenters. The van der Waals surface area contributed by atoms with E-state index in [9.17, 15) is 9.59 Å². The van der Waals surface area contributed by atoms with Gasteiger partial charge in [0.05, 0.1) is 28.4 Å². The van der Waals surface area contributed by atoms with Crippen molar-refractivity contribution >= 4 is 17.5 Å². The van der Waals surface area contributed by atoms with Gasteiger partial charge in [0.25, 0.3) is 11.8 Å². The van der Waals surface area contributed by atoms with Crippen LogP contribution in [-0.2, 0) is 17.9 Å². The quantitative estimate of drug-likeness (QED) is 0.487. The molecule has 0 spiro atoms. The van der Waals surface area contributed by atoms with Crippen molar-refractivity contribution in [2.75, 3.05) is 33.8 Å². The van der Waals surface area contributed by atoms with Crippen LogP contribution < -0.4 is 29.0 Å². The summed E-state index contributed by atoms with van der Waals surface area (Å²) in [6.45, 7) is 2.32. The van der Waals surface area contributed by atoms with Gasteiger partial charge in [0.1, 0.15) is 34.3 Å². The highest BCUT2D eigenvalue weighted by molar-refractivity contribution is 6.08. The van der Waals surface area contributed by atoms with Crippen LogP contribution >= 0.6 is 0 Å². The molecule has 0 aliphatic carbocycles. The van der Waals surface area contributed by atoms with Crippen LogP contribution in [0.2, 0.25) is 0 Å². The minimum absolute atomic E-state index is 0.154. The Hall–Kier alpha value is -4.40. The van der Waals surface area contributed by atoms with Crippen molar-refractivity contribution in [3.05, 3.63) is 71.3 Å². The molecule has 194 valence electrons. The van der Waals surface area contributed by atoms with Crippen molar-refractivity contribution in [3.63, 3.8) is 0 Å². The summed E-state index contributed by atoms with van der Waals surface area (Å²) >= 11 is 0. The van der Waals surface area contributed by atoms with Crippen LogP contribution in [-0.4, -0.2) is 51.3 Å². The van der Waals surface area contributed by atoms with E-state index in [0.29, 0.717) is 41.0 Å². The van der Waals surface area contributed by atoms with Crippen LogP contribution in [0.5, 0.6) is 28.7 Å². The standard InChI is InChI=1S/C28H30N2O7/c1-17-28(32)30(15-18-9-11-21(33-2)14-25(18)36-5)16-19-13-20(10-12-22(19)37-17)29-27(31)26-23(34-3)7-6-8-24(26)35-4/h6-14,17H,15-16H2,1-5H3,(H,29,31). The molecule has 2 amide bonds. The zero-order chi connectivity index (χ0) is 26.5. The second-order valence-corrected chi connectivity index (χ2v) is 8.45. The molecule has 0 radical (unpaired) electrons. The van der Waals surface area contributed by atoms with Gasteiger partial charge in [-0.1, -0.05) is 6.07 Å². The fraction of sp³-hybridized carbons (Fsp3) is 0.286. The first kappa shape index (κ1) is 25.7.